The van der Waals surface area contributed by atoms with Crippen LogP contribution in [0.15, 0.2) is 48.5 Å². The Hall–Kier alpha value is -2.26. The summed E-state index contributed by atoms with van der Waals surface area (Å²) < 4.78 is 63.4. The summed E-state index contributed by atoms with van der Waals surface area (Å²) in [7, 11) is -12.4. The second-order valence-electron chi connectivity index (χ2n) is 16.1. The molecule has 6 aliphatic heterocycles. The molecule has 0 unspecified atom stereocenters. The minimum absolute atomic E-state index is 0.711. The third-order valence-electron chi connectivity index (χ3n) is 12.9. The number of fused-ring (bicyclic) bond motifs is 2. The third-order valence-corrected chi connectivity index (χ3v) is 25.3. The Morgan fingerprint density at radius 3 is 0.982 bits per heavy atom. The minimum atomic E-state index is -4.59. The van der Waals surface area contributed by atoms with Crippen molar-refractivity contribution in [1.82, 2.24) is 58.3 Å². The van der Waals surface area contributed by atoms with Crippen molar-refractivity contribution in [1.29, 1.82) is 0 Å². The zero-order chi connectivity index (χ0) is 37.7. The Morgan fingerprint density at radius 1 is 0.429 bits per heavy atom. The van der Waals surface area contributed by atoms with Crippen molar-refractivity contribution in [3.05, 3.63) is 48.5 Å². The molecule has 10 rings (SSSR count). The average molecular weight is 833 g/mol. The number of nitrogens with zero attached hydrogens (tertiary/aromatic N) is 12. The van der Waals surface area contributed by atoms with Gasteiger partial charge in [-0.2, -0.15) is 0 Å². The summed E-state index contributed by atoms with van der Waals surface area (Å²) in [5, 5.41) is 18.2. The van der Waals surface area contributed by atoms with Crippen LogP contribution in [-0.4, -0.2) is 137 Å². The fraction of sp³-hybridized carbons (Fsp3) is 0.667. The first-order chi connectivity index (χ1) is 27.5. The second-order valence-corrected chi connectivity index (χ2v) is 24.9. The molecule has 0 atom stereocenters. The van der Waals surface area contributed by atoms with Gasteiger partial charge in [0.25, 0.3) is 0 Å². The molecular weight excluding hydrogens is 776 g/mol. The fourth-order valence-electron chi connectivity index (χ4n) is 10.3. The van der Waals surface area contributed by atoms with Gasteiger partial charge in [-0.05, 0) is 0 Å². The zero-order valence-electron chi connectivity index (χ0n) is 32.3. The van der Waals surface area contributed by atoms with Gasteiger partial charge in [-0.25, -0.2) is 0 Å². The number of halogens is 1. The summed E-state index contributed by atoms with van der Waals surface area (Å²) in [4.78, 5) is 3.06. The number of para-hydroxylation sites is 2. The van der Waals surface area contributed by atoms with Crippen LogP contribution in [0.4, 0.5) is 4.20 Å². The van der Waals surface area contributed by atoms with E-state index in [0.29, 0.717) is 11.0 Å². The Balaban J connectivity index is 1.17. The summed E-state index contributed by atoms with van der Waals surface area (Å²) in [6.45, 7) is 8.62. The van der Waals surface area contributed by atoms with Gasteiger partial charge in [0.05, 0.1) is 0 Å². The second kappa shape index (κ2) is 15.1. The summed E-state index contributed by atoms with van der Waals surface area (Å²) in [6.07, 6.45) is 11.6. The van der Waals surface area contributed by atoms with Crippen LogP contribution in [0, 0.1) is 0 Å². The molecule has 0 amide bonds. The normalized spacial score (nSPS) is 25.0. The summed E-state index contributed by atoms with van der Waals surface area (Å²) in [6, 6.07) is 15.6. The monoisotopic (exact) mass is 832 g/mol. The van der Waals surface area contributed by atoms with Crippen LogP contribution >= 0.6 is 23.7 Å². The van der Waals surface area contributed by atoms with E-state index in [0.717, 1.165) is 167 Å². The van der Waals surface area contributed by atoms with Gasteiger partial charge in [-0.1, -0.05) is 0 Å². The molecule has 8 heterocycles. The average Bonchev–Trinajstić information content (AvgIpc) is 4.06. The van der Waals surface area contributed by atoms with Gasteiger partial charge in [0.15, 0.2) is 0 Å². The van der Waals surface area contributed by atoms with E-state index >= 15 is 4.20 Å². The quantitative estimate of drug-likeness (QED) is 0.124. The van der Waals surface area contributed by atoms with Crippen LogP contribution in [0.5, 0.6) is 0 Å². The SMILES string of the molecule is FP(OP(On1nnc2ccccc21)(N1CCCC1)(N1CCCC1)N1CCCC1)OP(On1nnc2ccccc21)(N1CCCC1)(N1CCCC1)N1CCCC1. The molecule has 0 bridgehead atoms. The van der Waals surface area contributed by atoms with E-state index in [4.69, 9.17) is 17.9 Å². The number of hydrogen-bond donors (Lipinski definition) is 0. The van der Waals surface area contributed by atoms with E-state index in [1.165, 1.54) is 9.69 Å². The molecular formula is C36H56FN12O4P3. The first-order valence-electron chi connectivity index (χ1n) is 21.0. The molecule has 6 saturated heterocycles. The number of aromatic nitrogens is 6. The maximum absolute atomic E-state index is 19.0. The number of rotatable bonds is 14. The van der Waals surface area contributed by atoms with Gasteiger partial charge >= 0.3 is 330 Å². The fourth-order valence-corrected chi connectivity index (χ4v) is 24.6. The summed E-state index contributed by atoms with van der Waals surface area (Å²) in [5.74, 6) is 0. The molecule has 0 spiro atoms. The summed E-state index contributed by atoms with van der Waals surface area (Å²) >= 11 is 0. The van der Waals surface area contributed by atoms with Crippen molar-refractivity contribution >= 4 is 45.8 Å². The van der Waals surface area contributed by atoms with Crippen LogP contribution in [0.1, 0.15) is 77.0 Å². The Morgan fingerprint density at radius 2 is 0.696 bits per heavy atom. The molecule has 56 heavy (non-hydrogen) atoms. The van der Waals surface area contributed by atoms with Crippen molar-refractivity contribution in [3.63, 3.8) is 0 Å². The van der Waals surface area contributed by atoms with Gasteiger partial charge in [0.2, 0.25) is 0 Å². The molecule has 0 N–H and O–H groups in total. The molecule has 4 aromatic rings. The van der Waals surface area contributed by atoms with Crippen LogP contribution < -0.4 is 9.25 Å². The van der Waals surface area contributed by atoms with Crippen molar-refractivity contribution in [2.45, 2.75) is 77.0 Å². The van der Waals surface area contributed by atoms with Crippen LogP contribution in [0.2, 0.25) is 0 Å². The van der Waals surface area contributed by atoms with Gasteiger partial charge in [-0.3, -0.25) is 0 Å². The molecule has 2 aromatic carbocycles. The molecule has 16 nitrogen and oxygen atoms in total. The Labute approximate surface area is 329 Å². The maximum atomic E-state index is 19.0. The van der Waals surface area contributed by atoms with E-state index in [1.54, 1.807) is 0 Å². The standard InChI is InChI=1S/C36H56FN12O4P3/c37-54(52-55(42-21-5-6-22-42,43-23-7-8-24-43,44-25-9-10-26-44)50-48-35-19-3-1-17-33(35)38-40-48)53-56(45-27-11-12-28-45,46-29-13-14-30-46,47-31-15-16-32-47)51-49-36-20-4-2-18-34(36)39-41-49/h1-4,17-20H,5-16,21-32H2. The molecule has 0 radical (unpaired) electrons. The van der Waals surface area contributed by atoms with E-state index in [2.05, 4.69) is 48.6 Å². The third kappa shape index (κ3) is 5.79. The summed E-state index contributed by atoms with van der Waals surface area (Å²) in [5.41, 5.74) is 2.86. The molecule has 2 aromatic heterocycles. The van der Waals surface area contributed by atoms with E-state index in [9.17, 15) is 0 Å². The topological polar surface area (TPSA) is 118 Å². The molecule has 6 fully saturated rings. The molecule has 6 aliphatic rings. The van der Waals surface area contributed by atoms with E-state index in [-0.39, 0.29) is 0 Å². The van der Waals surface area contributed by atoms with Crippen LogP contribution in [0.25, 0.3) is 22.1 Å². The molecule has 0 saturated carbocycles. The molecule has 0 aliphatic carbocycles. The zero-order valence-corrected chi connectivity index (χ0v) is 35.0. The molecule has 20 heteroatoms. The predicted octanol–water partition coefficient (Wildman–Crippen LogP) is 6.79. The van der Waals surface area contributed by atoms with Crippen molar-refractivity contribution < 1.29 is 22.1 Å². The predicted molar refractivity (Wildman–Crippen MR) is 217 cm³/mol. The van der Waals surface area contributed by atoms with Crippen molar-refractivity contribution in [2.24, 2.45) is 0 Å². The van der Waals surface area contributed by atoms with Crippen molar-refractivity contribution in [2.75, 3.05) is 78.5 Å². The first kappa shape index (κ1) is 38.0. The van der Waals surface area contributed by atoms with Gasteiger partial charge in [-0.15, -0.1) is 0 Å². The first-order valence-corrected chi connectivity index (χ1v) is 25.9. The van der Waals surface area contributed by atoms with E-state index < -0.39 is 23.7 Å². The van der Waals surface area contributed by atoms with E-state index in [1.807, 2.05) is 48.5 Å². The Bertz CT molecular complexity index is 1760. The number of benzene rings is 2. The molecule has 306 valence electrons. The van der Waals surface area contributed by atoms with Gasteiger partial charge in [0, 0.05) is 0 Å². The van der Waals surface area contributed by atoms with Crippen LogP contribution in [-0.2, 0) is 8.62 Å². The van der Waals surface area contributed by atoms with Gasteiger partial charge < -0.3 is 0 Å². The van der Waals surface area contributed by atoms with Crippen molar-refractivity contribution in [3.8, 4) is 0 Å². The van der Waals surface area contributed by atoms with Crippen LogP contribution in [0.3, 0.4) is 0 Å². The Kier molecular flexibility index (Phi) is 10.2. The number of hydrogen-bond acceptors (Lipinski definition) is 14. The van der Waals surface area contributed by atoms with Gasteiger partial charge in [0.1, 0.15) is 0 Å².